The third-order valence-electron chi connectivity index (χ3n) is 1.75. The van der Waals surface area contributed by atoms with E-state index in [4.69, 9.17) is 5.73 Å². The molecule has 0 saturated heterocycles. The van der Waals surface area contributed by atoms with Crippen LogP contribution in [0.15, 0.2) is 18.9 Å². The number of nitrogens with two attached hydrogens (primary N) is 1. The highest BCUT2D eigenvalue weighted by Crippen LogP contribution is 2.13. The van der Waals surface area contributed by atoms with Crippen LogP contribution in [-0.4, -0.2) is 16.3 Å². The predicted octanol–water partition coefficient (Wildman–Crippen LogP) is 3.53. The van der Waals surface area contributed by atoms with E-state index in [1.54, 1.807) is 0 Å². The van der Waals surface area contributed by atoms with Gasteiger partial charge in [-0.1, -0.05) is 26.8 Å². The summed E-state index contributed by atoms with van der Waals surface area (Å²) in [5, 5.41) is 7.27. The topological polar surface area (TPSA) is 55.9 Å². The highest BCUT2D eigenvalue weighted by Gasteiger charge is 2.01. The van der Waals surface area contributed by atoms with Crippen LogP contribution in [0.5, 0.6) is 0 Å². The van der Waals surface area contributed by atoms with Gasteiger partial charge in [0.2, 0.25) is 0 Å². The van der Waals surface area contributed by atoms with E-state index in [0.29, 0.717) is 5.69 Å². The Morgan fingerprint density at radius 1 is 1.41 bits per heavy atom. The first-order valence-corrected chi connectivity index (χ1v) is 6.37. The molecule has 1 aromatic rings. The van der Waals surface area contributed by atoms with Crippen molar-refractivity contribution >= 4 is 11.5 Å². The molecule has 0 amide bonds. The number of nitrogens with one attached hydrogen (secondary N) is 1. The van der Waals surface area contributed by atoms with Crippen LogP contribution in [0.3, 0.4) is 0 Å². The van der Waals surface area contributed by atoms with Gasteiger partial charge in [0.05, 0.1) is 11.9 Å². The summed E-state index contributed by atoms with van der Waals surface area (Å²) in [6.07, 6.45) is 4.79. The lowest BCUT2D eigenvalue weighted by Gasteiger charge is -1.97. The molecule has 0 aliphatic heterocycles. The molecule has 1 aromatic heterocycles. The molecule has 1 rings (SSSR count). The zero-order valence-corrected chi connectivity index (χ0v) is 12.0. The lowest BCUT2D eigenvalue weighted by Crippen LogP contribution is -2.01. The molecule has 4 heteroatoms. The van der Waals surface area contributed by atoms with Crippen LogP contribution < -0.4 is 11.1 Å². The van der Waals surface area contributed by atoms with Crippen LogP contribution in [0, 0.1) is 0 Å². The predicted molar refractivity (Wildman–Crippen MR) is 78.3 cm³/mol. The van der Waals surface area contributed by atoms with Gasteiger partial charge in [0, 0.05) is 13.1 Å². The summed E-state index contributed by atoms with van der Waals surface area (Å²) >= 11 is 0. The highest BCUT2D eigenvalue weighted by atomic mass is 15.3. The fourth-order valence-electron chi connectivity index (χ4n) is 0.904. The Kier molecular flexibility index (Phi) is 13.3. The van der Waals surface area contributed by atoms with E-state index in [1.807, 2.05) is 44.6 Å². The maximum absolute atomic E-state index is 5.66. The van der Waals surface area contributed by atoms with E-state index in [-0.39, 0.29) is 0 Å². The fraction of sp³-hybridized carbons (Fsp3) is 0.615. The molecule has 100 valence electrons. The number of nitrogens with zero attached hydrogens (tertiary/aromatic N) is 2. The van der Waals surface area contributed by atoms with Gasteiger partial charge < -0.3 is 11.1 Å². The maximum atomic E-state index is 5.66. The first-order chi connectivity index (χ1) is 8.19. The number of hydrogen-bond acceptors (Lipinski definition) is 3. The molecule has 0 fully saturated rings. The van der Waals surface area contributed by atoms with Gasteiger partial charge in [-0.05, 0) is 20.3 Å². The number of aromatic nitrogens is 2. The van der Waals surface area contributed by atoms with Crippen molar-refractivity contribution in [2.75, 3.05) is 17.6 Å². The highest BCUT2D eigenvalue weighted by molar-refractivity contribution is 5.59. The SMILES string of the molecule is C=CCC.CC.CCNc1nn(CC)cc1N. The van der Waals surface area contributed by atoms with Crippen LogP contribution in [0.1, 0.15) is 41.0 Å². The second kappa shape index (κ2) is 12.6. The molecule has 0 spiro atoms. The minimum absolute atomic E-state index is 0.716. The summed E-state index contributed by atoms with van der Waals surface area (Å²) in [5.74, 6) is 0.786. The average molecular weight is 240 g/mol. The smallest absolute Gasteiger partial charge is 0.171 e. The van der Waals surface area contributed by atoms with Crippen LogP contribution >= 0.6 is 0 Å². The van der Waals surface area contributed by atoms with Crippen molar-refractivity contribution in [3.63, 3.8) is 0 Å². The second-order valence-electron chi connectivity index (χ2n) is 3.02. The van der Waals surface area contributed by atoms with Gasteiger partial charge in [0.15, 0.2) is 5.82 Å². The number of anilines is 2. The Bertz CT molecular complexity index is 279. The molecule has 0 aliphatic carbocycles. The molecule has 0 bridgehead atoms. The summed E-state index contributed by atoms with van der Waals surface area (Å²) in [4.78, 5) is 0. The van der Waals surface area contributed by atoms with Crippen LogP contribution in [-0.2, 0) is 6.54 Å². The molecule has 3 N–H and O–H groups in total. The summed E-state index contributed by atoms with van der Waals surface area (Å²) in [6, 6.07) is 0. The number of aryl methyl sites for hydroxylation is 1. The fourth-order valence-corrected chi connectivity index (χ4v) is 0.904. The monoisotopic (exact) mass is 240 g/mol. The Morgan fingerprint density at radius 3 is 2.24 bits per heavy atom. The van der Waals surface area contributed by atoms with E-state index in [9.17, 15) is 0 Å². The number of allylic oxidation sites excluding steroid dienone is 1. The summed E-state index contributed by atoms with van der Waals surface area (Å²) < 4.78 is 1.81. The van der Waals surface area contributed by atoms with E-state index >= 15 is 0 Å². The summed E-state index contributed by atoms with van der Waals surface area (Å²) in [5.41, 5.74) is 6.37. The van der Waals surface area contributed by atoms with Crippen LogP contribution in [0.25, 0.3) is 0 Å². The molecule has 0 saturated carbocycles. The molecular formula is C13H28N4. The standard InChI is InChI=1S/C7H14N4.C4H8.C2H6/c1-3-9-7-6(8)5-11(4-2)10-7;1-3-4-2;1-2/h5H,3-4,8H2,1-2H3,(H,9,10);3H,1,4H2,2H3;1-2H3. The van der Waals surface area contributed by atoms with Crippen LogP contribution in [0.2, 0.25) is 0 Å². The molecule has 1 heterocycles. The molecular weight excluding hydrogens is 212 g/mol. The lowest BCUT2D eigenvalue weighted by molar-refractivity contribution is 0.661. The number of hydrogen-bond donors (Lipinski definition) is 2. The van der Waals surface area contributed by atoms with Gasteiger partial charge in [0.25, 0.3) is 0 Å². The van der Waals surface area contributed by atoms with Gasteiger partial charge in [-0.3, -0.25) is 4.68 Å². The minimum Gasteiger partial charge on any atom is -0.394 e. The van der Waals surface area contributed by atoms with E-state index < -0.39 is 0 Å². The average Bonchev–Trinajstić information content (AvgIpc) is 2.74. The Hall–Kier alpha value is -1.45. The molecule has 4 nitrogen and oxygen atoms in total. The third kappa shape index (κ3) is 8.37. The molecule has 0 aliphatic rings. The van der Waals surface area contributed by atoms with Gasteiger partial charge >= 0.3 is 0 Å². The van der Waals surface area contributed by atoms with Crippen LogP contribution in [0.4, 0.5) is 11.5 Å². The van der Waals surface area contributed by atoms with Crippen molar-refractivity contribution in [2.24, 2.45) is 0 Å². The van der Waals surface area contributed by atoms with Crippen molar-refractivity contribution in [2.45, 2.75) is 47.6 Å². The van der Waals surface area contributed by atoms with Gasteiger partial charge in [0.1, 0.15) is 0 Å². The first-order valence-electron chi connectivity index (χ1n) is 6.37. The molecule has 0 radical (unpaired) electrons. The van der Waals surface area contributed by atoms with Crippen molar-refractivity contribution in [3.8, 4) is 0 Å². The van der Waals surface area contributed by atoms with Gasteiger partial charge in [-0.25, -0.2) is 0 Å². The van der Waals surface area contributed by atoms with Gasteiger partial charge in [-0.15, -0.1) is 6.58 Å². The van der Waals surface area contributed by atoms with Crippen molar-refractivity contribution in [1.82, 2.24) is 9.78 Å². The second-order valence-corrected chi connectivity index (χ2v) is 3.02. The molecule has 17 heavy (non-hydrogen) atoms. The normalized spacial score (nSPS) is 8.29. The van der Waals surface area contributed by atoms with Crippen molar-refractivity contribution in [3.05, 3.63) is 18.9 Å². The Morgan fingerprint density at radius 2 is 1.94 bits per heavy atom. The molecule has 0 aromatic carbocycles. The zero-order valence-electron chi connectivity index (χ0n) is 12.0. The lowest BCUT2D eigenvalue weighted by atomic mass is 10.5. The number of nitrogen functional groups attached to an aromatic ring is 1. The summed E-state index contributed by atoms with van der Waals surface area (Å²) in [7, 11) is 0. The quantitative estimate of drug-likeness (QED) is 0.792. The summed E-state index contributed by atoms with van der Waals surface area (Å²) in [6.45, 7) is 15.3. The maximum Gasteiger partial charge on any atom is 0.171 e. The number of rotatable bonds is 4. The minimum atomic E-state index is 0.716. The van der Waals surface area contributed by atoms with E-state index in [1.165, 1.54) is 0 Å². The first kappa shape index (κ1) is 17.9. The van der Waals surface area contributed by atoms with E-state index in [2.05, 4.69) is 23.9 Å². The van der Waals surface area contributed by atoms with Crippen molar-refractivity contribution < 1.29 is 0 Å². The van der Waals surface area contributed by atoms with Gasteiger partial charge in [-0.2, -0.15) is 5.10 Å². The third-order valence-corrected chi connectivity index (χ3v) is 1.75. The molecule has 0 atom stereocenters. The Balaban J connectivity index is 0. The molecule has 0 unspecified atom stereocenters. The van der Waals surface area contributed by atoms with E-state index in [0.717, 1.165) is 25.3 Å². The zero-order chi connectivity index (χ0) is 13.7. The largest absolute Gasteiger partial charge is 0.394 e. The van der Waals surface area contributed by atoms with Crippen molar-refractivity contribution in [1.29, 1.82) is 0 Å². The Labute approximate surface area is 106 Å².